The Balaban J connectivity index is 1.94. The average Bonchev–Trinajstić information content (AvgIpc) is 2.63. The Morgan fingerprint density at radius 2 is 1.67 bits per heavy atom. The average molecular weight is 380 g/mol. The molecule has 2 rings (SSSR count). The molecule has 8 heteroatoms. The van der Waals surface area contributed by atoms with Gasteiger partial charge in [-0.25, -0.2) is 0 Å². The maximum Gasteiger partial charge on any atom is 0.418 e. The first-order valence-corrected chi connectivity index (χ1v) is 8.18. The van der Waals surface area contributed by atoms with Crippen molar-refractivity contribution in [2.24, 2.45) is 0 Å². The molecule has 2 aromatic carbocycles. The fourth-order valence-corrected chi connectivity index (χ4v) is 2.42. The lowest BCUT2D eigenvalue weighted by molar-refractivity contribution is -0.137. The van der Waals surface area contributed by atoms with Gasteiger partial charge in [0.15, 0.2) is 6.61 Å². The van der Waals surface area contributed by atoms with E-state index in [4.69, 9.17) is 4.74 Å². The number of amides is 2. The minimum absolute atomic E-state index is 0.0112. The summed E-state index contributed by atoms with van der Waals surface area (Å²) in [6.45, 7) is 0.832. The van der Waals surface area contributed by atoms with Crippen molar-refractivity contribution in [3.05, 3.63) is 60.2 Å². The molecule has 0 spiro atoms. The number of carbonyl (C=O) groups is 2. The molecule has 0 saturated heterocycles. The summed E-state index contributed by atoms with van der Waals surface area (Å²) in [5.41, 5.74) is -1.15. The predicted molar refractivity (Wildman–Crippen MR) is 94.4 cm³/mol. The van der Waals surface area contributed by atoms with Gasteiger partial charge in [0.1, 0.15) is 5.75 Å². The zero-order valence-electron chi connectivity index (χ0n) is 14.6. The molecular weight excluding hydrogens is 361 g/mol. The van der Waals surface area contributed by atoms with Crippen molar-refractivity contribution < 1.29 is 27.5 Å². The Hall–Kier alpha value is -3.03. The highest BCUT2D eigenvalue weighted by molar-refractivity contribution is 5.92. The Kier molecular flexibility index (Phi) is 6.81. The fraction of sp³-hybridized carbons (Fsp3) is 0.263. The maximum absolute atomic E-state index is 13.2. The van der Waals surface area contributed by atoms with Crippen LogP contribution >= 0.6 is 0 Å². The van der Waals surface area contributed by atoms with Crippen molar-refractivity contribution in [1.82, 2.24) is 5.32 Å². The molecule has 2 aromatic rings. The first-order valence-electron chi connectivity index (χ1n) is 8.18. The van der Waals surface area contributed by atoms with Gasteiger partial charge >= 0.3 is 6.18 Å². The second-order valence-corrected chi connectivity index (χ2v) is 5.64. The highest BCUT2D eigenvalue weighted by Crippen LogP contribution is 2.36. The highest BCUT2D eigenvalue weighted by atomic mass is 19.4. The van der Waals surface area contributed by atoms with Crippen LogP contribution in [0.15, 0.2) is 54.6 Å². The summed E-state index contributed by atoms with van der Waals surface area (Å²) < 4.78 is 44.8. The molecule has 0 heterocycles. The van der Waals surface area contributed by atoms with Crippen molar-refractivity contribution >= 4 is 17.5 Å². The molecule has 0 aliphatic carbocycles. The summed E-state index contributed by atoms with van der Waals surface area (Å²) >= 11 is 0. The molecule has 0 aromatic heterocycles. The predicted octanol–water partition coefficient (Wildman–Crippen LogP) is 3.25. The molecule has 0 aliphatic heterocycles. The van der Waals surface area contributed by atoms with E-state index in [1.807, 2.05) is 6.07 Å². The third-order valence-electron chi connectivity index (χ3n) is 3.65. The number of hydrogen-bond donors (Lipinski definition) is 1. The molecule has 0 radical (unpaired) electrons. The number of ether oxygens (including phenoxy) is 1. The normalized spacial score (nSPS) is 11.0. The molecule has 0 fully saturated rings. The quantitative estimate of drug-likeness (QED) is 0.802. The van der Waals surface area contributed by atoms with Crippen LogP contribution in [0.5, 0.6) is 5.75 Å². The van der Waals surface area contributed by atoms with Crippen LogP contribution in [-0.2, 0) is 15.8 Å². The van der Waals surface area contributed by atoms with Crippen LogP contribution in [0.25, 0.3) is 0 Å². The van der Waals surface area contributed by atoms with Crippen molar-refractivity contribution in [3.63, 3.8) is 0 Å². The van der Waals surface area contributed by atoms with E-state index < -0.39 is 23.6 Å². The number of nitrogens with zero attached hydrogens (tertiary/aromatic N) is 1. The minimum Gasteiger partial charge on any atom is -0.484 e. The van der Waals surface area contributed by atoms with Gasteiger partial charge in [0.2, 0.25) is 5.91 Å². The zero-order valence-corrected chi connectivity index (χ0v) is 14.6. The van der Waals surface area contributed by atoms with Gasteiger partial charge in [-0.2, -0.15) is 13.2 Å². The minimum atomic E-state index is -4.59. The van der Waals surface area contributed by atoms with Crippen molar-refractivity contribution in [1.29, 1.82) is 0 Å². The molecule has 0 bridgehead atoms. The lowest BCUT2D eigenvalue weighted by Crippen LogP contribution is -2.39. The van der Waals surface area contributed by atoms with E-state index in [0.717, 1.165) is 11.0 Å². The second-order valence-electron chi connectivity index (χ2n) is 5.64. The molecule has 0 aliphatic rings. The summed E-state index contributed by atoms with van der Waals surface area (Å²) in [7, 11) is 0. The Labute approximate surface area is 154 Å². The molecule has 5 nitrogen and oxygen atoms in total. The number of anilines is 1. The number of nitrogens with one attached hydrogen (secondary N) is 1. The number of carbonyl (C=O) groups excluding carboxylic acids is 2. The van der Waals surface area contributed by atoms with E-state index in [1.165, 1.54) is 25.1 Å². The zero-order chi connectivity index (χ0) is 19.9. The summed E-state index contributed by atoms with van der Waals surface area (Å²) in [5, 5.41) is 2.53. The lowest BCUT2D eigenvalue weighted by Gasteiger charge is -2.25. The van der Waals surface area contributed by atoms with Crippen LogP contribution in [0.3, 0.4) is 0 Å². The van der Waals surface area contributed by atoms with E-state index in [2.05, 4.69) is 5.32 Å². The number of benzene rings is 2. The third-order valence-corrected chi connectivity index (χ3v) is 3.65. The van der Waals surface area contributed by atoms with E-state index >= 15 is 0 Å². The smallest absolute Gasteiger partial charge is 0.418 e. The molecule has 0 unspecified atom stereocenters. The van der Waals surface area contributed by atoms with Gasteiger partial charge < -0.3 is 15.0 Å². The topological polar surface area (TPSA) is 58.6 Å². The van der Waals surface area contributed by atoms with E-state index in [9.17, 15) is 22.8 Å². The third kappa shape index (κ3) is 6.02. The van der Waals surface area contributed by atoms with Gasteiger partial charge in [0, 0.05) is 20.0 Å². The summed E-state index contributed by atoms with van der Waals surface area (Å²) in [6, 6.07) is 13.5. The first-order chi connectivity index (χ1) is 12.8. The van der Waals surface area contributed by atoms with Gasteiger partial charge in [-0.05, 0) is 24.3 Å². The maximum atomic E-state index is 13.2. The second kappa shape index (κ2) is 9.07. The van der Waals surface area contributed by atoms with Gasteiger partial charge in [-0.1, -0.05) is 30.3 Å². The standard InChI is InChI=1S/C19H19F3N2O3/c1-14(25)24(17-10-6-5-9-16(17)19(20,21)22)12-11-23-18(26)13-27-15-7-3-2-4-8-15/h2-10H,11-13H2,1H3,(H,23,26). The SMILES string of the molecule is CC(=O)N(CCNC(=O)COc1ccccc1)c1ccccc1C(F)(F)F. The van der Waals surface area contributed by atoms with Gasteiger partial charge in [-0.3, -0.25) is 9.59 Å². The van der Waals surface area contributed by atoms with Gasteiger partial charge in [0.25, 0.3) is 5.91 Å². The number of alkyl halides is 3. The molecule has 0 atom stereocenters. The summed E-state index contributed by atoms with van der Waals surface area (Å²) in [6.07, 6.45) is -4.59. The van der Waals surface area contributed by atoms with Crippen molar-refractivity contribution in [2.45, 2.75) is 13.1 Å². The van der Waals surface area contributed by atoms with Crippen molar-refractivity contribution in [3.8, 4) is 5.75 Å². The monoisotopic (exact) mass is 380 g/mol. The number of para-hydroxylation sites is 2. The van der Waals surface area contributed by atoms with Crippen LogP contribution in [0, 0.1) is 0 Å². The largest absolute Gasteiger partial charge is 0.484 e. The van der Waals surface area contributed by atoms with Crippen LogP contribution in [0.1, 0.15) is 12.5 Å². The van der Waals surface area contributed by atoms with Crippen LogP contribution in [-0.4, -0.2) is 31.5 Å². The van der Waals surface area contributed by atoms with Crippen LogP contribution < -0.4 is 15.0 Å². The number of rotatable bonds is 7. The summed E-state index contributed by atoms with van der Waals surface area (Å²) in [4.78, 5) is 24.6. The Bertz CT molecular complexity index is 779. The van der Waals surface area contributed by atoms with Crippen molar-refractivity contribution in [2.75, 3.05) is 24.6 Å². The summed E-state index contributed by atoms with van der Waals surface area (Å²) in [5.74, 6) is -0.468. The van der Waals surface area contributed by atoms with E-state index in [0.29, 0.717) is 5.75 Å². The lowest BCUT2D eigenvalue weighted by atomic mass is 10.1. The van der Waals surface area contributed by atoms with Crippen LogP contribution in [0.2, 0.25) is 0 Å². The molecular formula is C19H19F3N2O3. The van der Waals surface area contributed by atoms with Gasteiger partial charge in [0.05, 0.1) is 11.3 Å². The highest BCUT2D eigenvalue weighted by Gasteiger charge is 2.35. The Morgan fingerprint density at radius 3 is 2.30 bits per heavy atom. The molecule has 1 N–H and O–H groups in total. The Morgan fingerprint density at radius 1 is 1.04 bits per heavy atom. The molecule has 0 saturated carbocycles. The van der Waals surface area contributed by atoms with E-state index in [-0.39, 0.29) is 25.4 Å². The molecule has 2 amide bonds. The number of hydrogen-bond acceptors (Lipinski definition) is 3. The van der Waals surface area contributed by atoms with Crippen LogP contribution in [0.4, 0.5) is 18.9 Å². The fourth-order valence-electron chi connectivity index (χ4n) is 2.42. The van der Waals surface area contributed by atoms with Gasteiger partial charge in [-0.15, -0.1) is 0 Å². The molecule has 27 heavy (non-hydrogen) atoms. The molecule has 144 valence electrons. The van der Waals surface area contributed by atoms with E-state index in [1.54, 1.807) is 24.3 Å². The number of halogens is 3. The first kappa shape index (κ1) is 20.3.